The lowest BCUT2D eigenvalue weighted by Gasteiger charge is -2.18. The predicted octanol–water partition coefficient (Wildman–Crippen LogP) is 3.38. The van der Waals surface area contributed by atoms with Crippen molar-refractivity contribution in [1.29, 1.82) is 0 Å². The number of carbonyl (C=O) groups is 1. The standard InChI is InChI=1S/C14H23N3OS.2ClH/c1-3-12(14-16-9(2)8-19-14)17-13(18)7-10-5-4-6-11(10)15;;/h8,10-12H,3-7,15H2,1-2H3,(H,17,18);2*1H/t10-,11+,12?;;/m0../s1. The Morgan fingerprint density at radius 3 is 2.71 bits per heavy atom. The van der Waals surface area contributed by atoms with Crippen molar-refractivity contribution in [3.05, 3.63) is 16.1 Å². The molecular weight excluding hydrogens is 329 g/mol. The molecule has 2 rings (SSSR count). The number of carbonyl (C=O) groups excluding carboxylic acids is 1. The molecule has 1 heterocycles. The van der Waals surface area contributed by atoms with Crippen LogP contribution in [-0.4, -0.2) is 16.9 Å². The average molecular weight is 354 g/mol. The van der Waals surface area contributed by atoms with Crippen LogP contribution in [0.5, 0.6) is 0 Å². The van der Waals surface area contributed by atoms with Crippen LogP contribution in [0.2, 0.25) is 0 Å². The van der Waals surface area contributed by atoms with Crippen molar-refractivity contribution in [2.24, 2.45) is 11.7 Å². The van der Waals surface area contributed by atoms with Crippen molar-refractivity contribution >= 4 is 42.1 Å². The number of aromatic nitrogens is 1. The number of aryl methyl sites for hydroxylation is 1. The molecule has 0 aromatic carbocycles. The predicted molar refractivity (Wildman–Crippen MR) is 92.5 cm³/mol. The largest absolute Gasteiger partial charge is 0.347 e. The van der Waals surface area contributed by atoms with Gasteiger partial charge in [-0.3, -0.25) is 4.79 Å². The molecule has 122 valence electrons. The number of nitrogens with two attached hydrogens (primary N) is 1. The number of halogens is 2. The fourth-order valence-electron chi connectivity index (χ4n) is 2.68. The van der Waals surface area contributed by atoms with Gasteiger partial charge in [-0.2, -0.15) is 0 Å². The molecule has 3 atom stereocenters. The SMILES string of the molecule is CCC(NC(=O)C[C@@H]1CCC[C@H]1N)c1nc(C)cs1.Cl.Cl. The van der Waals surface area contributed by atoms with Crippen LogP contribution in [0.25, 0.3) is 0 Å². The highest BCUT2D eigenvalue weighted by Gasteiger charge is 2.27. The molecule has 3 N–H and O–H groups in total. The Labute approximate surface area is 143 Å². The lowest BCUT2D eigenvalue weighted by Crippen LogP contribution is -2.33. The molecule has 1 fully saturated rings. The van der Waals surface area contributed by atoms with E-state index >= 15 is 0 Å². The van der Waals surface area contributed by atoms with Gasteiger partial charge in [-0.25, -0.2) is 4.98 Å². The van der Waals surface area contributed by atoms with E-state index in [1.54, 1.807) is 11.3 Å². The maximum absolute atomic E-state index is 12.1. The normalized spacial score (nSPS) is 22.0. The molecule has 7 heteroatoms. The quantitative estimate of drug-likeness (QED) is 0.852. The lowest BCUT2D eigenvalue weighted by molar-refractivity contribution is -0.122. The van der Waals surface area contributed by atoms with E-state index in [-0.39, 0.29) is 42.8 Å². The second-order valence-corrected chi connectivity index (χ2v) is 6.30. The van der Waals surface area contributed by atoms with Gasteiger partial charge in [0.25, 0.3) is 0 Å². The molecule has 4 nitrogen and oxygen atoms in total. The molecule has 0 bridgehead atoms. The van der Waals surface area contributed by atoms with Gasteiger partial charge in [0, 0.05) is 23.5 Å². The van der Waals surface area contributed by atoms with Gasteiger partial charge in [-0.1, -0.05) is 13.3 Å². The number of nitrogens with zero attached hydrogens (tertiary/aromatic N) is 1. The van der Waals surface area contributed by atoms with Gasteiger partial charge in [0.2, 0.25) is 5.91 Å². The summed E-state index contributed by atoms with van der Waals surface area (Å²) in [6.45, 7) is 4.05. The van der Waals surface area contributed by atoms with Crippen molar-refractivity contribution in [2.75, 3.05) is 0 Å². The van der Waals surface area contributed by atoms with Gasteiger partial charge < -0.3 is 11.1 Å². The first-order valence-electron chi connectivity index (χ1n) is 7.07. The topological polar surface area (TPSA) is 68.0 Å². The first-order valence-corrected chi connectivity index (χ1v) is 7.95. The highest BCUT2D eigenvalue weighted by molar-refractivity contribution is 7.09. The smallest absolute Gasteiger partial charge is 0.220 e. The van der Waals surface area contributed by atoms with E-state index in [1.807, 2.05) is 12.3 Å². The number of thiazole rings is 1. The van der Waals surface area contributed by atoms with Gasteiger partial charge in [-0.15, -0.1) is 36.2 Å². The van der Waals surface area contributed by atoms with Crippen LogP contribution in [0.15, 0.2) is 5.38 Å². The summed E-state index contributed by atoms with van der Waals surface area (Å²) in [5.41, 5.74) is 7.03. The fourth-order valence-corrected chi connectivity index (χ4v) is 3.61. The monoisotopic (exact) mass is 353 g/mol. The number of amides is 1. The van der Waals surface area contributed by atoms with Crippen molar-refractivity contribution < 1.29 is 4.79 Å². The second-order valence-electron chi connectivity index (χ2n) is 5.41. The van der Waals surface area contributed by atoms with E-state index in [0.717, 1.165) is 36.4 Å². The van der Waals surface area contributed by atoms with E-state index in [4.69, 9.17) is 5.73 Å². The first-order chi connectivity index (χ1) is 9.10. The van der Waals surface area contributed by atoms with Gasteiger partial charge in [-0.05, 0) is 32.1 Å². The molecule has 1 amide bonds. The molecule has 1 aliphatic rings. The number of hydrogen-bond donors (Lipinski definition) is 2. The summed E-state index contributed by atoms with van der Waals surface area (Å²) in [4.78, 5) is 16.6. The summed E-state index contributed by atoms with van der Waals surface area (Å²) in [6, 6.07) is 0.247. The molecule has 1 aliphatic carbocycles. The van der Waals surface area contributed by atoms with Crippen LogP contribution >= 0.6 is 36.2 Å². The van der Waals surface area contributed by atoms with Crippen molar-refractivity contribution in [3.8, 4) is 0 Å². The third-order valence-electron chi connectivity index (χ3n) is 3.84. The molecule has 1 aromatic heterocycles. The van der Waals surface area contributed by atoms with E-state index in [1.165, 1.54) is 0 Å². The van der Waals surface area contributed by atoms with Crippen LogP contribution in [-0.2, 0) is 4.79 Å². The summed E-state index contributed by atoms with van der Waals surface area (Å²) >= 11 is 1.62. The van der Waals surface area contributed by atoms with Crippen LogP contribution in [0.3, 0.4) is 0 Å². The Bertz CT molecular complexity index is 442. The Hall–Kier alpha value is -0.360. The Balaban J connectivity index is 0.00000200. The van der Waals surface area contributed by atoms with E-state index in [9.17, 15) is 4.79 Å². The molecule has 21 heavy (non-hydrogen) atoms. The second kappa shape index (κ2) is 9.62. The zero-order chi connectivity index (χ0) is 13.8. The minimum Gasteiger partial charge on any atom is -0.347 e. The zero-order valence-corrected chi connectivity index (χ0v) is 15.0. The molecule has 1 saturated carbocycles. The van der Waals surface area contributed by atoms with Gasteiger partial charge in [0.15, 0.2) is 0 Å². The Kier molecular flexibility index (Phi) is 9.45. The maximum atomic E-state index is 12.1. The third kappa shape index (κ3) is 5.74. The van der Waals surface area contributed by atoms with Crippen molar-refractivity contribution in [1.82, 2.24) is 10.3 Å². The zero-order valence-electron chi connectivity index (χ0n) is 12.5. The first kappa shape index (κ1) is 20.6. The fraction of sp³-hybridized carbons (Fsp3) is 0.714. The molecule has 1 aromatic rings. The number of nitrogens with one attached hydrogen (secondary N) is 1. The van der Waals surface area contributed by atoms with E-state index in [0.29, 0.717) is 12.3 Å². The Morgan fingerprint density at radius 1 is 1.52 bits per heavy atom. The highest BCUT2D eigenvalue weighted by atomic mass is 35.5. The minimum absolute atomic E-state index is 0. The maximum Gasteiger partial charge on any atom is 0.220 e. The van der Waals surface area contributed by atoms with Crippen LogP contribution in [0.1, 0.15) is 55.8 Å². The van der Waals surface area contributed by atoms with E-state index < -0.39 is 0 Å². The van der Waals surface area contributed by atoms with E-state index in [2.05, 4.69) is 17.2 Å². The number of rotatable bonds is 5. The Morgan fingerprint density at radius 2 is 2.24 bits per heavy atom. The molecular formula is C14H25Cl2N3OS. The summed E-state index contributed by atoms with van der Waals surface area (Å²) in [5, 5.41) is 6.13. The lowest BCUT2D eigenvalue weighted by atomic mass is 9.99. The van der Waals surface area contributed by atoms with Crippen molar-refractivity contribution in [3.63, 3.8) is 0 Å². The molecule has 0 aliphatic heterocycles. The highest BCUT2D eigenvalue weighted by Crippen LogP contribution is 2.27. The average Bonchev–Trinajstić information content (AvgIpc) is 2.96. The molecule has 1 unspecified atom stereocenters. The third-order valence-corrected chi connectivity index (χ3v) is 4.92. The van der Waals surface area contributed by atoms with Crippen molar-refractivity contribution in [2.45, 2.75) is 58.0 Å². The van der Waals surface area contributed by atoms with Crippen LogP contribution < -0.4 is 11.1 Å². The van der Waals surface area contributed by atoms with Crippen LogP contribution in [0.4, 0.5) is 0 Å². The molecule has 0 radical (unpaired) electrons. The van der Waals surface area contributed by atoms with Gasteiger partial charge in [0.05, 0.1) is 6.04 Å². The van der Waals surface area contributed by atoms with Crippen LogP contribution in [0, 0.1) is 12.8 Å². The summed E-state index contributed by atoms with van der Waals surface area (Å²) in [5.74, 6) is 0.470. The minimum atomic E-state index is 0. The van der Waals surface area contributed by atoms with Gasteiger partial charge >= 0.3 is 0 Å². The molecule has 0 spiro atoms. The summed E-state index contributed by atoms with van der Waals surface area (Å²) in [6.07, 6.45) is 4.72. The van der Waals surface area contributed by atoms with Gasteiger partial charge in [0.1, 0.15) is 5.01 Å². The number of hydrogen-bond acceptors (Lipinski definition) is 4. The molecule has 0 saturated heterocycles. The summed E-state index contributed by atoms with van der Waals surface area (Å²) < 4.78 is 0. The summed E-state index contributed by atoms with van der Waals surface area (Å²) in [7, 11) is 0.